The molecule has 3 N–H and O–H groups in total. The fourth-order valence-electron chi connectivity index (χ4n) is 1.00. The van der Waals surface area contributed by atoms with Crippen molar-refractivity contribution in [3.8, 4) is 0 Å². The van der Waals surface area contributed by atoms with Crippen molar-refractivity contribution in [1.29, 1.82) is 0 Å². The number of hydrogen-bond donors (Lipinski definition) is 3. The second-order valence-corrected chi connectivity index (χ2v) is 4.14. The largest absolute Gasteiger partial charge is 0.390 e. The summed E-state index contributed by atoms with van der Waals surface area (Å²) in [7, 11) is 0. The summed E-state index contributed by atoms with van der Waals surface area (Å²) in [5, 5.41) is 13.8. The molecule has 0 bridgehead atoms. The predicted octanol–water partition coefficient (Wildman–Crippen LogP) is 1.71. The van der Waals surface area contributed by atoms with Gasteiger partial charge in [-0.05, 0) is 22.9 Å². The van der Waals surface area contributed by atoms with E-state index in [1.807, 2.05) is 6.92 Å². The Balaban J connectivity index is 2.72. The van der Waals surface area contributed by atoms with Crippen LogP contribution in [0.3, 0.4) is 0 Å². The lowest BCUT2D eigenvalue weighted by atomic mass is 10.3. The average molecular weight is 311 g/mol. The Hall–Kier alpha value is -1.02. The van der Waals surface area contributed by atoms with Gasteiger partial charge in [0.1, 0.15) is 12.4 Å². The van der Waals surface area contributed by atoms with Crippen LogP contribution >= 0.6 is 15.9 Å². The summed E-state index contributed by atoms with van der Waals surface area (Å²) in [6.07, 6.45) is 1.46. The molecule has 17 heavy (non-hydrogen) atoms. The molecule has 0 saturated heterocycles. The van der Waals surface area contributed by atoms with E-state index in [-0.39, 0.29) is 5.82 Å². The van der Waals surface area contributed by atoms with E-state index in [9.17, 15) is 8.78 Å². The van der Waals surface area contributed by atoms with Crippen LogP contribution in [0.4, 0.5) is 20.5 Å². The van der Waals surface area contributed by atoms with Crippen LogP contribution in [0, 0.1) is 0 Å². The van der Waals surface area contributed by atoms with E-state index in [1.54, 1.807) is 0 Å². The molecule has 1 aromatic rings. The average Bonchev–Trinajstić information content (AvgIpc) is 2.30. The van der Waals surface area contributed by atoms with Gasteiger partial charge < -0.3 is 15.7 Å². The first-order valence-corrected chi connectivity index (χ1v) is 5.77. The molecule has 0 atom stereocenters. The Morgan fingerprint density at radius 1 is 1.47 bits per heavy atom. The highest BCUT2D eigenvalue weighted by Gasteiger charge is 2.27. The van der Waals surface area contributed by atoms with Gasteiger partial charge in [-0.3, -0.25) is 0 Å². The molecule has 0 spiro atoms. The minimum atomic E-state index is -3.18. The maximum absolute atomic E-state index is 12.8. The highest BCUT2D eigenvalue weighted by Crippen LogP contribution is 2.21. The molecule has 0 aliphatic heterocycles. The Kier molecular flexibility index (Phi) is 5.01. The lowest BCUT2D eigenvalue weighted by Gasteiger charge is -2.15. The molecule has 0 aromatic carbocycles. The molecule has 0 amide bonds. The first-order valence-electron chi connectivity index (χ1n) is 4.97. The van der Waals surface area contributed by atoms with E-state index in [4.69, 9.17) is 5.11 Å². The number of aliphatic hydroxyl groups is 1. The van der Waals surface area contributed by atoms with E-state index < -0.39 is 19.1 Å². The highest BCUT2D eigenvalue weighted by atomic mass is 79.9. The topological polar surface area (TPSA) is 70.1 Å². The number of hydrogen-bond acceptors (Lipinski definition) is 5. The number of alkyl halides is 2. The van der Waals surface area contributed by atoms with Crippen molar-refractivity contribution in [3.05, 3.63) is 10.7 Å². The number of rotatable bonds is 6. The molecule has 0 aliphatic rings. The first kappa shape index (κ1) is 14.0. The Morgan fingerprint density at radius 2 is 2.18 bits per heavy atom. The van der Waals surface area contributed by atoms with Crippen molar-refractivity contribution in [1.82, 2.24) is 9.97 Å². The van der Waals surface area contributed by atoms with E-state index in [0.717, 1.165) is 0 Å². The van der Waals surface area contributed by atoms with Gasteiger partial charge in [0.25, 0.3) is 5.92 Å². The van der Waals surface area contributed by atoms with Gasteiger partial charge in [-0.2, -0.15) is 4.98 Å². The fraction of sp³-hybridized carbons (Fsp3) is 0.556. The number of nitrogens with zero attached hydrogens (tertiary/aromatic N) is 2. The number of anilines is 2. The molecule has 1 rings (SSSR count). The zero-order chi connectivity index (χ0) is 12.9. The van der Waals surface area contributed by atoms with Crippen LogP contribution < -0.4 is 10.6 Å². The van der Waals surface area contributed by atoms with Crippen LogP contribution in [-0.2, 0) is 0 Å². The maximum atomic E-state index is 12.8. The monoisotopic (exact) mass is 310 g/mol. The fourth-order valence-corrected chi connectivity index (χ4v) is 1.33. The first-order chi connectivity index (χ1) is 7.98. The van der Waals surface area contributed by atoms with Crippen molar-refractivity contribution in [2.75, 3.05) is 30.3 Å². The van der Waals surface area contributed by atoms with Gasteiger partial charge in [0.15, 0.2) is 0 Å². The van der Waals surface area contributed by atoms with Crippen LogP contribution in [0.15, 0.2) is 10.7 Å². The summed E-state index contributed by atoms with van der Waals surface area (Å²) in [6, 6.07) is 0. The maximum Gasteiger partial charge on any atom is 0.287 e. The molecule has 5 nitrogen and oxygen atoms in total. The molecular weight excluding hydrogens is 298 g/mol. The second kappa shape index (κ2) is 6.06. The summed E-state index contributed by atoms with van der Waals surface area (Å²) in [5.74, 6) is -2.57. The molecule has 0 unspecified atom stereocenters. The Morgan fingerprint density at radius 3 is 2.76 bits per heavy atom. The third-order valence-corrected chi connectivity index (χ3v) is 2.41. The van der Waals surface area contributed by atoms with Crippen molar-refractivity contribution < 1.29 is 13.9 Å². The normalized spacial score (nSPS) is 11.4. The van der Waals surface area contributed by atoms with Crippen LogP contribution in [0.1, 0.15) is 6.92 Å². The van der Waals surface area contributed by atoms with Crippen molar-refractivity contribution in [3.63, 3.8) is 0 Å². The van der Waals surface area contributed by atoms with Gasteiger partial charge in [-0.25, -0.2) is 13.8 Å². The zero-order valence-electron chi connectivity index (χ0n) is 9.17. The standard InChI is InChI=1S/C9H13BrF2N4O/c1-2-13-8-14-3-6(10)7(16-8)15-4-9(11,12)5-17/h3,17H,2,4-5H2,1H3,(H2,13,14,15,16). The molecule has 0 saturated carbocycles. The molecular formula is C9H13BrF2N4O. The van der Waals surface area contributed by atoms with Crippen molar-refractivity contribution in [2.24, 2.45) is 0 Å². The summed E-state index contributed by atoms with van der Waals surface area (Å²) in [4.78, 5) is 7.95. The van der Waals surface area contributed by atoms with Gasteiger partial charge in [0.05, 0.1) is 11.0 Å². The molecule has 8 heteroatoms. The van der Waals surface area contributed by atoms with E-state index in [2.05, 4.69) is 36.5 Å². The zero-order valence-corrected chi connectivity index (χ0v) is 10.8. The molecule has 0 aliphatic carbocycles. The quantitative estimate of drug-likeness (QED) is 0.746. The van der Waals surface area contributed by atoms with Gasteiger partial charge in [0, 0.05) is 12.7 Å². The third-order valence-electron chi connectivity index (χ3n) is 1.82. The lowest BCUT2D eigenvalue weighted by molar-refractivity contribution is -0.0373. The van der Waals surface area contributed by atoms with Gasteiger partial charge in [-0.15, -0.1) is 0 Å². The molecule has 1 heterocycles. The summed E-state index contributed by atoms with van der Waals surface area (Å²) in [6.45, 7) is 0.611. The second-order valence-electron chi connectivity index (χ2n) is 3.29. The number of nitrogens with one attached hydrogen (secondary N) is 2. The Bertz CT molecular complexity index is 378. The third kappa shape index (κ3) is 4.39. The van der Waals surface area contributed by atoms with Crippen LogP contribution in [0.25, 0.3) is 0 Å². The molecule has 0 radical (unpaired) electrons. The van der Waals surface area contributed by atoms with Crippen molar-refractivity contribution >= 4 is 27.7 Å². The van der Waals surface area contributed by atoms with Crippen molar-refractivity contribution in [2.45, 2.75) is 12.8 Å². The molecule has 0 fully saturated rings. The predicted molar refractivity (Wildman–Crippen MR) is 64.4 cm³/mol. The van der Waals surface area contributed by atoms with Gasteiger partial charge in [-0.1, -0.05) is 0 Å². The van der Waals surface area contributed by atoms with E-state index >= 15 is 0 Å². The highest BCUT2D eigenvalue weighted by molar-refractivity contribution is 9.10. The van der Waals surface area contributed by atoms with E-state index in [0.29, 0.717) is 17.0 Å². The number of aliphatic hydroxyl groups excluding tert-OH is 1. The molecule has 96 valence electrons. The van der Waals surface area contributed by atoms with Crippen LogP contribution in [-0.4, -0.2) is 40.7 Å². The minimum Gasteiger partial charge on any atom is -0.390 e. The summed E-state index contributed by atoms with van der Waals surface area (Å²) >= 11 is 3.15. The number of aromatic nitrogens is 2. The number of halogens is 3. The van der Waals surface area contributed by atoms with Crippen LogP contribution in [0.5, 0.6) is 0 Å². The Labute approximate surface area is 106 Å². The van der Waals surface area contributed by atoms with Gasteiger partial charge in [0.2, 0.25) is 5.95 Å². The van der Waals surface area contributed by atoms with E-state index in [1.165, 1.54) is 6.20 Å². The SMILES string of the molecule is CCNc1ncc(Br)c(NCC(F)(F)CO)n1. The van der Waals surface area contributed by atoms with Gasteiger partial charge >= 0.3 is 0 Å². The molecule has 1 aromatic heterocycles. The summed E-state index contributed by atoms with van der Waals surface area (Å²) < 4.78 is 26.1. The summed E-state index contributed by atoms with van der Waals surface area (Å²) in [5.41, 5.74) is 0. The lowest BCUT2D eigenvalue weighted by Crippen LogP contribution is -2.31. The smallest absolute Gasteiger partial charge is 0.287 e. The van der Waals surface area contributed by atoms with Crippen LogP contribution in [0.2, 0.25) is 0 Å². The minimum absolute atomic E-state index is 0.254.